The number of guanidine groups is 1. The molecule has 0 saturated carbocycles. The van der Waals surface area contributed by atoms with Crippen LogP contribution in [-0.2, 0) is 6.54 Å². The Morgan fingerprint density at radius 2 is 1.83 bits per heavy atom. The first-order valence-corrected chi connectivity index (χ1v) is 8.29. The van der Waals surface area contributed by atoms with Crippen molar-refractivity contribution in [3.63, 3.8) is 0 Å². The fourth-order valence-electron chi connectivity index (χ4n) is 2.22. The van der Waals surface area contributed by atoms with Crippen molar-refractivity contribution in [3.05, 3.63) is 35.4 Å². The van der Waals surface area contributed by atoms with E-state index in [1.54, 1.807) is 0 Å². The van der Waals surface area contributed by atoms with Gasteiger partial charge in [0.05, 0.1) is 6.54 Å². The monoisotopic (exact) mass is 454 g/mol. The Hall–Kier alpha value is -0.960. The fourth-order valence-corrected chi connectivity index (χ4v) is 2.22. The first-order valence-electron chi connectivity index (χ1n) is 8.29. The second-order valence-corrected chi connectivity index (χ2v) is 5.24. The van der Waals surface area contributed by atoms with Crippen molar-refractivity contribution in [2.24, 2.45) is 4.99 Å². The Labute approximate surface area is 161 Å². The van der Waals surface area contributed by atoms with E-state index in [2.05, 4.69) is 34.4 Å². The molecule has 0 atom stereocenters. The van der Waals surface area contributed by atoms with Crippen LogP contribution in [0.1, 0.15) is 32.8 Å². The van der Waals surface area contributed by atoms with E-state index >= 15 is 0 Å². The summed E-state index contributed by atoms with van der Waals surface area (Å²) in [5.74, 6) is -0.267. The van der Waals surface area contributed by atoms with Gasteiger partial charge < -0.3 is 15.5 Å². The Morgan fingerprint density at radius 3 is 2.46 bits per heavy atom. The maximum absolute atomic E-state index is 13.6. The Bertz CT molecular complexity index is 493. The molecule has 4 nitrogen and oxygen atoms in total. The summed E-state index contributed by atoms with van der Waals surface area (Å²) in [4.78, 5) is 6.67. The lowest BCUT2D eigenvalue weighted by molar-refractivity contribution is 0.300. The highest BCUT2D eigenvalue weighted by Gasteiger charge is 2.04. The van der Waals surface area contributed by atoms with Crippen LogP contribution in [0, 0.1) is 11.6 Å². The van der Waals surface area contributed by atoms with Gasteiger partial charge in [-0.25, -0.2) is 13.8 Å². The summed E-state index contributed by atoms with van der Waals surface area (Å²) in [6.07, 6.45) is 1.00. The lowest BCUT2D eigenvalue weighted by Gasteiger charge is -2.18. The van der Waals surface area contributed by atoms with Crippen LogP contribution < -0.4 is 10.6 Å². The van der Waals surface area contributed by atoms with E-state index < -0.39 is 11.6 Å². The summed E-state index contributed by atoms with van der Waals surface area (Å²) in [6, 6.07) is 3.42. The van der Waals surface area contributed by atoms with Crippen LogP contribution in [0.2, 0.25) is 0 Å². The minimum absolute atomic E-state index is 0. The molecule has 2 N–H and O–H groups in total. The number of benzene rings is 1. The van der Waals surface area contributed by atoms with Gasteiger partial charge in [-0.05, 0) is 51.2 Å². The molecule has 0 aliphatic carbocycles. The first kappa shape index (κ1) is 23.0. The van der Waals surface area contributed by atoms with E-state index in [0.717, 1.165) is 44.7 Å². The molecule has 138 valence electrons. The lowest BCUT2D eigenvalue weighted by atomic mass is 10.2. The van der Waals surface area contributed by atoms with Gasteiger partial charge in [0, 0.05) is 18.7 Å². The molecule has 0 saturated heterocycles. The third-order valence-corrected chi connectivity index (χ3v) is 3.60. The molecule has 0 amide bonds. The van der Waals surface area contributed by atoms with E-state index in [9.17, 15) is 8.78 Å². The van der Waals surface area contributed by atoms with Crippen molar-refractivity contribution in [2.45, 2.75) is 33.7 Å². The van der Waals surface area contributed by atoms with E-state index in [-0.39, 0.29) is 36.1 Å². The second-order valence-electron chi connectivity index (χ2n) is 5.24. The van der Waals surface area contributed by atoms with Crippen molar-refractivity contribution in [3.8, 4) is 0 Å². The smallest absolute Gasteiger partial charge is 0.191 e. The zero-order chi connectivity index (χ0) is 17.1. The molecule has 0 heterocycles. The summed E-state index contributed by atoms with van der Waals surface area (Å²) in [5, 5.41) is 6.34. The summed E-state index contributed by atoms with van der Waals surface area (Å²) >= 11 is 0. The summed E-state index contributed by atoms with van der Waals surface area (Å²) in [6.45, 7) is 11.0. The number of hydrogen-bond donors (Lipinski definition) is 2. The lowest BCUT2D eigenvalue weighted by Crippen LogP contribution is -2.38. The van der Waals surface area contributed by atoms with Crippen LogP contribution in [0.3, 0.4) is 0 Å². The van der Waals surface area contributed by atoms with E-state index in [1.807, 2.05) is 6.92 Å². The van der Waals surface area contributed by atoms with Crippen LogP contribution in [0.4, 0.5) is 8.78 Å². The van der Waals surface area contributed by atoms with Crippen LogP contribution in [0.25, 0.3) is 0 Å². The highest BCUT2D eigenvalue weighted by atomic mass is 127. The SMILES string of the molecule is CCNC(=NCc1cc(F)ccc1F)NCCCN(CC)CC.I. The number of hydrogen-bond acceptors (Lipinski definition) is 2. The highest BCUT2D eigenvalue weighted by molar-refractivity contribution is 14.0. The third-order valence-electron chi connectivity index (χ3n) is 3.60. The van der Waals surface area contributed by atoms with Gasteiger partial charge in [0.25, 0.3) is 0 Å². The molecule has 0 unspecified atom stereocenters. The van der Waals surface area contributed by atoms with Gasteiger partial charge in [0.2, 0.25) is 0 Å². The van der Waals surface area contributed by atoms with E-state index in [1.165, 1.54) is 6.07 Å². The van der Waals surface area contributed by atoms with Crippen molar-refractivity contribution >= 4 is 29.9 Å². The maximum Gasteiger partial charge on any atom is 0.191 e. The predicted octanol–water partition coefficient (Wildman–Crippen LogP) is 3.37. The molecule has 0 bridgehead atoms. The van der Waals surface area contributed by atoms with Gasteiger partial charge in [-0.1, -0.05) is 13.8 Å². The molecule has 7 heteroatoms. The van der Waals surface area contributed by atoms with E-state index in [4.69, 9.17) is 0 Å². The van der Waals surface area contributed by atoms with Gasteiger partial charge in [0.15, 0.2) is 5.96 Å². The van der Waals surface area contributed by atoms with Gasteiger partial charge >= 0.3 is 0 Å². The summed E-state index contributed by atoms with van der Waals surface area (Å²) in [5.41, 5.74) is 0.255. The molecule has 24 heavy (non-hydrogen) atoms. The first-order chi connectivity index (χ1) is 11.1. The van der Waals surface area contributed by atoms with Crippen molar-refractivity contribution in [1.29, 1.82) is 0 Å². The number of aliphatic imine (C=N–C) groups is 1. The molecule has 0 aliphatic rings. The largest absolute Gasteiger partial charge is 0.357 e. The van der Waals surface area contributed by atoms with E-state index in [0.29, 0.717) is 12.5 Å². The molecule has 0 aliphatic heterocycles. The van der Waals surface area contributed by atoms with Gasteiger partial charge in [-0.15, -0.1) is 24.0 Å². The van der Waals surface area contributed by atoms with Gasteiger partial charge in [-0.2, -0.15) is 0 Å². The van der Waals surface area contributed by atoms with Crippen molar-refractivity contribution < 1.29 is 8.78 Å². The average Bonchev–Trinajstić information content (AvgIpc) is 2.55. The number of rotatable bonds is 9. The topological polar surface area (TPSA) is 39.7 Å². The second kappa shape index (κ2) is 13.3. The zero-order valence-electron chi connectivity index (χ0n) is 14.7. The van der Waals surface area contributed by atoms with Crippen LogP contribution in [0.15, 0.2) is 23.2 Å². The predicted molar refractivity (Wildman–Crippen MR) is 107 cm³/mol. The zero-order valence-corrected chi connectivity index (χ0v) is 17.1. The van der Waals surface area contributed by atoms with Crippen molar-refractivity contribution in [2.75, 3.05) is 32.7 Å². The number of nitrogens with one attached hydrogen (secondary N) is 2. The molecule has 0 aromatic heterocycles. The summed E-state index contributed by atoms with van der Waals surface area (Å²) < 4.78 is 26.8. The third kappa shape index (κ3) is 8.77. The van der Waals surface area contributed by atoms with Gasteiger partial charge in [-0.3, -0.25) is 0 Å². The highest BCUT2D eigenvalue weighted by Crippen LogP contribution is 2.10. The molecule has 0 spiro atoms. The molecule has 0 radical (unpaired) electrons. The minimum Gasteiger partial charge on any atom is -0.357 e. The number of nitrogens with zero attached hydrogens (tertiary/aromatic N) is 2. The Kier molecular flexibility index (Phi) is 12.8. The molecular formula is C17H29F2IN4. The Balaban J connectivity index is 0.00000529. The minimum atomic E-state index is -0.450. The number of halogens is 3. The fraction of sp³-hybridized carbons (Fsp3) is 0.588. The molecular weight excluding hydrogens is 425 g/mol. The quantitative estimate of drug-likeness (QED) is 0.260. The van der Waals surface area contributed by atoms with Crippen LogP contribution in [-0.4, -0.2) is 43.6 Å². The maximum atomic E-state index is 13.6. The average molecular weight is 454 g/mol. The standard InChI is InChI=1S/C17H28F2N4.HI/c1-4-20-17(21-10-7-11-23(5-2)6-3)22-13-14-12-15(18)8-9-16(14)19;/h8-9,12H,4-7,10-11,13H2,1-3H3,(H2,20,21,22);1H. The van der Waals surface area contributed by atoms with Crippen molar-refractivity contribution in [1.82, 2.24) is 15.5 Å². The molecule has 1 rings (SSSR count). The van der Waals surface area contributed by atoms with Gasteiger partial charge in [0.1, 0.15) is 11.6 Å². The molecule has 0 fully saturated rings. The Morgan fingerprint density at radius 1 is 1.12 bits per heavy atom. The van der Waals surface area contributed by atoms with Crippen LogP contribution in [0.5, 0.6) is 0 Å². The van der Waals surface area contributed by atoms with Crippen LogP contribution >= 0.6 is 24.0 Å². The molecule has 1 aromatic rings. The molecule has 1 aromatic carbocycles. The summed E-state index contributed by atoms with van der Waals surface area (Å²) in [7, 11) is 0. The normalized spacial score (nSPS) is 11.3.